The van der Waals surface area contributed by atoms with Crippen LogP contribution in [0.5, 0.6) is 11.5 Å². The maximum absolute atomic E-state index is 14.1. The van der Waals surface area contributed by atoms with Crippen molar-refractivity contribution in [3.05, 3.63) is 54.2 Å². The van der Waals surface area contributed by atoms with Crippen LogP contribution in [0.1, 0.15) is 10.6 Å². The Kier molecular flexibility index (Phi) is 24.0. The average molecular weight is 802 g/mol. The quantitative estimate of drug-likeness (QED) is 0.0491. The van der Waals surface area contributed by atoms with Crippen molar-refractivity contribution in [3.63, 3.8) is 0 Å². The van der Waals surface area contributed by atoms with E-state index in [1.807, 2.05) is 0 Å². The molecule has 0 unspecified atom stereocenters. The van der Waals surface area contributed by atoms with Crippen LogP contribution in [0.3, 0.4) is 0 Å². The number of aliphatic carboxylic acids is 4. The van der Waals surface area contributed by atoms with Gasteiger partial charge in [0, 0.05) is 17.5 Å². The molecule has 0 bridgehead atoms. The van der Waals surface area contributed by atoms with Crippen molar-refractivity contribution in [3.8, 4) is 23.1 Å². The summed E-state index contributed by atoms with van der Waals surface area (Å²) in [6.45, 7) is -3.58. The van der Waals surface area contributed by atoms with Gasteiger partial charge in [0.15, 0.2) is 5.76 Å². The Bertz CT molecular complexity index is 1790. The van der Waals surface area contributed by atoms with Gasteiger partial charge in [-0.3, -0.25) is 19.2 Å². The molecule has 0 aliphatic carbocycles. The van der Waals surface area contributed by atoms with Crippen molar-refractivity contribution in [2.24, 2.45) is 0 Å². The summed E-state index contributed by atoms with van der Waals surface area (Å²) >= 11 is 0. The number of hydrogen-bond acceptors (Lipinski definition) is 12. The molecule has 242 valence electrons. The van der Waals surface area contributed by atoms with E-state index in [0.717, 1.165) is 34.2 Å². The summed E-state index contributed by atoms with van der Waals surface area (Å²) in [4.78, 5) is 62.7. The van der Waals surface area contributed by atoms with E-state index >= 15 is 0 Å². The number of carbonyl (C=O) groups is 5. The fourth-order valence-corrected chi connectivity index (χ4v) is 4.28. The first-order valence-electron chi connectivity index (χ1n) is 13.0. The van der Waals surface area contributed by atoms with E-state index < -0.39 is 67.6 Å². The number of benzene rings is 2. The van der Waals surface area contributed by atoms with Crippen LogP contribution in [0.25, 0.3) is 22.6 Å². The monoisotopic (exact) mass is 801 g/mol. The Morgan fingerprint density at radius 2 is 1.18 bits per heavy atom. The number of nitrogens with zero attached hydrogens (tertiary/aromatic N) is 3. The van der Waals surface area contributed by atoms with Gasteiger partial charge in [0.05, 0.1) is 17.6 Å². The molecule has 0 aliphatic rings. The molecule has 5 N–H and O–H groups in total. The molecule has 22 heteroatoms. The number of anilines is 2. The van der Waals surface area contributed by atoms with Gasteiger partial charge in [-0.2, -0.15) is 0 Å². The molecule has 2 aromatic heterocycles. The van der Waals surface area contributed by atoms with Crippen LogP contribution < -0.4 is 225 Å². The van der Waals surface area contributed by atoms with Crippen molar-refractivity contribution in [2.45, 2.75) is 0 Å². The third kappa shape index (κ3) is 14.8. The van der Waals surface area contributed by atoms with Crippen molar-refractivity contribution in [1.29, 1.82) is 0 Å². The second-order valence-electron chi connectivity index (χ2n) is 9.40. The molecule has 0 radical (unpaired) electrons. The smallest absolute Gasteiger partial charge is 0.488 e. The number of halogens is 1. The molecule has 2 heterocycles. The third-order valence-corrected chi connectivity index (χ3v) is 6.03. The number of aromatic carboxylic acids is 1. The van der Waals surface area contributed by atoms with E-state index in [-0.39, 0.29) is 259 Å². The summed E-state index contributed by atoms with van der Waals surface area (Å²) in [7, 11) is 0. The van der Waals surface area contributed by atoms with E-state index in [1.54, 1.807) is 0 Å². The number of carboxylic acid groups (broad SMARTS) is 5. The number of oxazole rings is 1. The number of rotatable bonds is 17. The SMILES string of the molecule is O=C(O)CN(CC(=O)O)c1ccc(F)cc1OCCOc1cc2cc(-c3ncc(C(=O)O)o3)oc2cc1N(CC(=O)O)CC(=O)O.[K+].[K+].[K+].[K+]. The number of fused-ring (bicyclic) bond motifs is 1. The molecule has 0 fully saturated rings. The molecule has 0 spiro atoms. The summed E-state index contributed by atoms with van der Waals surface area (Å²) in [6.07, 6.45) is 0.971. The van der Waals surface area contributed by atoms with Crippen LogP contribution in [0.4, 0.5) is 15.8 Å². The molecule has 4 rings (SSSR count). The Morgan fingerprint density at radius 1 is 0.680 bits per heavy atom. The van der Waals surface area contributed by atoms with Gasteiger partial charge in [-0.15, -0.1) is 0 Å². The molecular formula is C28H24FK4N3O14+4. The molecule has 17 nitrogen and oxygen atoms in total. The normalized spacial score (nSPS) is 9.94. The minimum Gasteiger partial charge on any atom is -0.488 e. The fraction of sp³-hybridized carbons (Fsp3) is 0.214. The maximum atomic E-state index is 14.1. The summed E-state index contributed by atoms with van der Waals surface area (Å²) in [5.41, 5.74) is 0.0779. The number of hydrogen-bond donors (Lipinski definition) is 5. The molecule has 50 heavy (non-hydrogen) atoms. The van der Waals surface area contributed by atoms with E-state index in [0.29, 0.717) is 5.39 Å². The first-order valence-corrected chi connectivity index (χ1v) is 13.0. The van der Waals surface area contributed by atoms with E-state index in [2.05, 4.69) is 4.98 Å². The van der Waals surface area contributed by atoms with Crippen molar-refractivity contribution in [2.75, 3.05) is 49.2 Å². The zero-order chi connectivity index (χ0) is 33.5. The van der Waals surface area contributed by atoms with E-state index in [9.17, 15) is 48.8 Å². The van der Waals surface area contributed by atoms with E-state index in [4.69, 9.17) is 23.4 Å². The molecule has 0 amide bonds. The zero-order valence-electron chi connectivity index (χ0n) is 27.4. The van der Waals surface area contributed by atoms with Gasteiger partial charge in [0.25, 0.3) is 5.89 Å². The molecule has 0 aliphatic heterocycles. The standard InChI is InChI=1S/C28H24FN3O14.4K/c29-15-1-2-16(31(10-23(33)34)11-24(35)36)20(7-15)44-4-3-43-19-5-14-6-21(27-30-9-22(46-27)28(41)42)45-18(14)8-17(19)32(12-25(37)38)13-26(39)40;;;;/h1-2,5-9H,3-4,10-13H2,(H,33,34)(H,35,36)(H,37,38)(H,39,40)(H,41,42);;;;/q;4*+1. The largest absolute Gasteiger partial charge is 1.00 e. The number of aromatic nitrogens is 1. The summed E-state index contributed by atoms with van der Waals surface area (Å²) in [6, 6.07) is 7.21. The Balaban J connectivity index is 0.00000600. The fourth-order valence-electron chi connectivity index (χ4n) is 4.28. The Hall–Kier alpha value is 0.215. The van der Waals surface area contributed by atoms with Crippen LogP contribution >= 0.6 is 0 Å². The molecule has 0 saturated carbocycles. The summed E-state index contributed by atoms with van der Waals surface area (Å²) < 4.78 is 36.4. The van der Waals surface area contributed by atoms with Crippen LogP contribution in [0.2, 0.25) is 0 Å². The first-order chi connectivity index (χ1) is 21.8. The second kappa shape index (κ2) is 23.9. The predicted octanol–water partition coefficient (Wildman–Crippen LogP) is -9.65. The summed E-state index contributed by atoms with van der Waals surface area (Å²) in [5, 5.41) is 46.7. The third-order valence-electron chi connectivity index (χ3n) is 6.03. The number of carboxylic acids is 5. The van der Waals surface area contributed by atoms with Gasteiger partial charge in [-0.1, -0.05) is 0 Å². The molecular weight excluding hydrogens is 778 g/mol. The Morgan fingerprint density at radius 3 is 1.66 bits per heavy atom. The molecule has 0 saturated heterocycles. The Labute approximate surface area is 451 Å². The van der Waals surface area contributed by atoms with E-state index in [1.165, 1.54) is 18.2 Å². The number of ether oxygens (including phenoxy) is 2. The molecule has 2 aromatic carbocycles. The molecule has 4 aromatic rings. The van der Waals surface area contributed by atoms with Crippen molar-refractivity contribution >= 4 is 52.2 Å². The second-order valence-corrected chi connectivity index (χ2v) is 9.40. The van der Waals surface area contributed by atoms with Crippen molar-refractivity contribution in [1.82, 2.24) is 4.98 Å². The van der Waals surface area contributed by atoms with Crippen molar-refractivity contribution < 1.29 is 278 Å². The van der Waals surface area contributed by atoms with Gasteiger partial charge in [-0.25, -0.2) is 14.2 Å². The van der Waals surface area contributed by atoms with Crippen LogP contribution in [0, 0.1) is 5.82 Å². The first kappa shape index (κ1) is 50.2. The maximum Gasteiger partial charge on any atom is 1.00 e. The minimum absolute atomic E-state index is 0. The van der Waals surface area contributed by atoms with Crippen LogP contribution in [-0.2, 0) is 19.2 Å². The minimum atomic E-state index is -1.37. The van der Waals surface area contributed by atoms with Gasteiger partial charge in [0.1, 0.15) is 62.3 Å². The van der Waals surface area contributed by atoms with Crippen LogP contribution in [-0.4, -0.2) is 99.8 Å². The zero-order valence-corrected chi connectivity index (χ0v) is 39.9. The van der Waals surface area contributed by atoms with Crippen LogP contribution in [0.15, 0.2) is 51.4 Å². The predicted molar refractivity (Wildman–Crippen MR) is 151 cm³/mol. The summed E-state index contributed by atoms with van der Waals surface area (Å²) in [5.74, 6) is -8.37. The van der Waals surface area contributed by atoms with Gasteiger partial charge >= 0.3 is 235 Å². The number of furan rings is 1. The topological polar surface area (TPSA) is 251 Å². The average Bonchev–Trinajstić information content (AvgIpc) is 3.61. The van der Waals surface area contributed by atoms with Gasteiger partial charge in [-0.05, 0) is 24.3 Å². The van der Waals surface area contributed by atoms with Gasteiger partial charge < -0.3 is 53.6 Å². The van der Waals surface area contributed by atoms with Gasteiger partial charge in [0.2, 0.25) is 5.76 Å². The molecule has 0 atom stereocenters.